The van der Waals surface area contributed by atoms with E-state index in [2.05, 4.69) is 13.8 Å². The number of ether oxygens (including phenoxy) is 2. The Bertz CT molecular complexity index is 328. The van der Waals surface area contributed by atoms with Crippen molar-refractivity contribution in [2.75, 3.05) is 26.4 Å². The summed E-state index contributed by atoms with van der Waals surface area (Å²) in [6, 6.07) is 0. The van der Waals surface area contributed by atoms with Crippen molar-refractivity contribution in [1.29, 1.82) is 0 Å². The molecule has 0 aromatic heterocycles. The standard InChI is InChI=1S/C23H48O6/c1-3-5-7-9-10-11-13-15-17-29-23(21(27)19-25)22(20(26)18-24)28-16-14-12-8-6-4-2/h20-27H,3-19H2,1-2H3/t20-,21-,22-,23-/m1/s1. The van der Waals surface area contributed by atoms with Crippen molar-refractivity contribution in [2.24, 2.45) is 0 Å². The Morgan fingerprint density at radius 2 is 0.828 bits per heavy atom. The minimum Gasteiger partial charge on any atom is -0.394 e. The zero-order chi connectivity index (χ0) is 21.7. The molecule has 0 bridgehead atoms. The average molecular weight is 421 g/mol. The summed E-state index contributed by atoms with van der Waals surface area (Å²) in [5, 5.41) is 39.1. The van der Waals surface area contributed by atoms with Gasteiger partial charge in [-0.25, -0.2) is 0 Å². The highest BCUT2D eigenvalue weighted by Gasteiger charge is 2.34. The van der Waals surface area contributed by atoms with E-state index in [1.54, 1.807) is 0 Å². The van der Waals surface area contributed by atoms with Crippen molar-refractivity contribution in [1.82, 2.24) is 0 Å². The summed E-state index contributed by atoms with van der Waals surface area (Å²) >= 11 is 0. The highest BCUT2D eigenvalue weighted by molar-refractivity contribution is 4.83. The van der Waals surface area contributed by atoms with Crippen LogP contribution in [0.3, 0.4) is 0 Å². The quantitative estimate of drug-likeness (QED) is 0.200. The maximum Gasteiger partial charge on any atom is 0.114 e. The van der Waals surface area contributed by atoms with Crippen LogP contribution in [-0.4, -0.2) is 71.3 Å². The Balaban J connectivity index is 4.35. The summed E-state index contributed by atoms with van der Waals surface area (Å²) in [7, 11) is 0. The number of hydrogen-bond donors (Lipinski definition) is 4. The Morgan fingerprint density at radius 3 is 1.14 bits per heavy atom. The van der Waals surface area contributed by atoms with Crippen molar-refractivity contribution in [2.45, 2.75) is 122 Å². The molecule has 0 aliphatic heterocycles. The molecule has 0 aromatic rings. The molecule has 4 N–H and O–H groups in total. The van der Waals surface area contributed by atoms with E-state index in [0.29, 0.717) is 13.2 Å². The molecule has 0 amide bonds. The summed E-state index contributed by atoms with van der Waals surface area (Å²) in [4.78, 5) is 0. The summed E-state index contributed by atoms with van der Waals surface area (Å²) in [6.07, 6.45) is 10.8. The van der Waals surface area contributed by atoms with Crippen molar-refractivity contribution < 1.29 is 29.9 Å². The number of aliphatic hydroxyl groups excluding tert-OH is 4. The van der Waals surface area contributed by atoms with Gasteiger partial charge in [-0.05, 0) is 12.8 Å². The molecule has 0 saturated heterocycles. The third kappa shape index (κ3) is 15.2. The minimum atomic E-state index is -1.16. The van der Waals surface area contributed by atoms with Crippen LogP contribution in [0.25, 0.3) is 0 Å². The Hall–Kier alpha value is -0.240. The highest BCUT2D eigenvalue weighted by Crippen LogP contribution is 2.16. The largest absolute Gasteiger partial charge is 0.394 e. The zero-order valence-corrected chi connectivity index (χ0v) is 18.9. The second-order valence-corrected chi connectivity index (χ2v) is 8.06. The molecular formula is C23H48O6. The molecule has 0 saturated carbocycles. The monoisotopic (exact) mass is 420 g/mol. The third-order valence-corrected chi connectivity index (χ3v) is 5.32. The SMILES string of the molecule is CCCCCCCCCCO[C@@H]([C@H](OCCCCCCC)[C@H](O)CO)[C@H](O)CO. The molecule has 0 rings (SSSR count). The second-order valence-electron chi connectivity index (χ2n) is 8.06. The molecular weight excluding hydrogens is 372 g/mol. The molecule has 0 aromatic carbocycles. The van der Waals surface area contributed by atoms with Gasteiger partial charge in [0.2, 0.25) is 0 Å². The lowest BCUT2D eigenvalue weighted by atomic mass is 10.0. The van der Waals surface area contributed by atoms with Crippen LogP contribution in [-0.2, 0) is 9.47 Å². The van der Waals surface area contributed by atoms with Gasteiger partial charge in [-0.3, -0.25) is 0 Å². The normalized spacial score (nSPS) is 15.9. The van der Waals surface area contributed by atoms with Crippen LogP contribution in [0, 0.1) is 0 Å². The van der Waals surface area contributed by atoms with E-state index in [-0.39, 0.29) is 0 Å². The van der Waals surface area contributed by atoms with Crippen LogP contribution in [0.15, 0.2) is 0 Å². The summed E-state index contributed by atoms with van der Waals surface area (Å²) in [6.45, 7) is 4.29. The lowest BCUT2D eigenvalue weighted by Gasteiger charge is -2.32. The smallest absolute Gasteiger partial charge is 0.114 e. The highest BCUT2D eigenvalue weighted by atomic mass is 16.6. The Labute approximate surface area is 178 Å². The Morgan fingerprint density at radius 1 is 0.517 bits per heavy atom. The topological polar surface area (TPSA) is 99.4 Å². The first-order valence-corrected chi connectivity index (χ1v) is 11.9. The van der Waals surface area contributed by atoms with Crippen LogP contribution in [0.1, 0.15) is 97.3 Å². The van der Waals surface area contributed by atoms with Gasteiger partial charge in [0.1, 0.15) is 24.4 Å². The summed E-state index contributed by atoms with van der Waals surface area (Å²) in [5.74, 6) is 0. The first kappa shape index (κ1) is 28.8. The molecule has 0 radical (unpaired) electrons. The fraction of sp³-hybridized carbons (Fsp3) is 1.00. The van der Waals surface area contributed by atoms with Gasteiger partial charge in [0, 0.05) is 13.2 Å². The number of rotatable bonds is 22. The van der Waals surface area contributed by atoms with Crippen LogP contribution in [0.2, 0.25) is 0 Å². The summed E-state index contributed by atoms with van der Waals surface area (Å²) < 4.78 is 11.6. The molecule has 0 spiro atoms. The van der Waals surface area contributed by atoms with E-state index < -0.39 is 37.6 Å². The average Bonchev–Trinajstić information content (AvgIpc) is 2.74. The van der Waals surface area contributed by atoms with Gasteiger partial charge in [-0.15, -0.1) is 0 Å². The van der Waals surface area contributed by atoms with Gasteiger partial charge in [0.15, 0.2) is 0 Å². The molecule has 6 heteroatoms. The van der Waals surface area contributed by atoms with Gasteiger partial charge in [0.05, 0.1) is 13.2 Å². The van der Waals surface area contributed by atoms with E-state index in [1.807, 2.05) is 0 Å². The van der Waals surface area contributed by atoms with Crippen LogP contribution >= 0.6 is 0 Å². The zero-order valence-electron chi connectivity index (χ0n) is 18.9. The van der Waals surface area contributed by atoms with E-state index in [9.17, 15) is 20.4 Å². The Kier molecular flexibility index (Phi) is 20.8. The number of hydrogen-bond acceptors (Lipinski definition) is 6. The van der Waals surface area contributed by atoms with Crippen molar-refractivity contribution in [3.05, 3.63) is 0 Å². The first-order valence-electron chi connectivity index (χ1n) is 11.9. The van der Waals surface area contributed by atoms with Gasteiger partial charge in [-0.1, -0.05) is 84.5 Å². The number of unbranched alkanes of at least 4 members (excludes halogenated alkanes) is 11. The van der Waals surface area contributed by atoms with Crippen LogP contribution < -0.4 is 0 Å². The van der Waals surface area contributed by atoms with Crippen molar-refractivity contribution in [3.63, 3.8) is 0 Å². The van der Waals surface area contributed by atoms with E-state index in [0.717, 1.165) is 38.5 Å². The predicted octanol–water partition coefficient (Wildman–Crippen LogP) is 3.57. The second kappa shape index (κ2) is 21.0. The van der Waals surface area contributed by atoms with Crippen molar-refractivity contribution in [3.8, 4) is 0 Å². The number of aliphatic hydroxyl groups is 4. The maximum atomic E-state index is 10.2. The molecule has 176 valence electrons. The fourth-order valence-corrected chi connectivity index (χ4v) is 3.44. The van der Waals surface area contributed by atoms with E-state index in [4.69, 9.17) is 9.47 Å². The third-order valence-electron chi connectivity index (χ3n) is 5.32. The first-order chi connectivity index (χ1) is 14.1. The molecule has 0 fully saturated rings. The van der Waals surface area contributed by atoms with E-state index in [1.165, 1.54) is 44.9 Å². The molecule has 0 aliphatic carbocycles. The molecule has 0 unspecified atom stereocenters. The predicted molar refractivity (Wildman–Crippen MR) is 117 cm³/mol. The van der Waals surface area contributed by atoms with Crippen molar-refractivity contribution >= 4 is 0 Å². The summed E-state index contributed by atoms with van der Waals surface area (Å²) in [5.41, 5.74) is 0. The van der Waals surface area contributed by atoms with Gasteiger partial charge in [0.25, 0.3) is 0 Å². The minimum absolute atomic E-state index is 0.432. The van der Waals surface area contributed by atoms with Crippen LogP contribution in [0.4, 0.5) is 0 Å². The van der Waals surface area contributed by atoms with Gasteiger partial charge >= 0.3 is 0 Å². The maximum absolute atomic E-state index is 10.2. The van der Waals surface area contributed by atoms with E-state index >= 15 is 0 Å². The molecule has 0 aliphatic rings. The lowest BCUT2D eigenvalue weighted by Crippen LogP contribution is -2.50. The molecule has 6 nitrogen and oxygen atoms in total. The fourth-order valence-electron chi connectivity index (χ4n) is 3.44. The molecule has 29 heavy (non-hydrogen) atoms. The lowest BCUT2D eigenvalue weighted by molar-refractivity contribution is -0.170. The van der Waals surface area contributed by atoms with Gasteiger partial charge < -0.3 is 29.9 Å². The van der Waals surface area contributed by atoms with Crippen LogP contribution in [0.5, 0.6) is 0 Å². The van der Waals surface area contributed by atoms with Gasteiger partial charge in [-0.2, -0.15) is 0 Å². The molecule has 4 atom stereocenters. The molecule has 0 heterocycles.